The van der Waals surface area contributed by atoms with Crippen molar-refractivity contribution in [2.24, 2.45) is 0 Å². The number of nitrogens with one attached hydrogen (secondary N) is 2. The Bertz CT molecular complexity index is 728. The molecule has 1 unspecified atom stereocenters. The van der Waals surface area contributed by atoms with Gasteiger partial charge in [-0.2, -0.15) is 0 Å². The van der Waals surface area contributed by atoms with E-state index in [9.17, 15) is 4.79 Å². The Morgan fingerprint density at radius 1 is 1.29 bits per heavy atom. The van der Waals surface area contributed by atoms with Gasteiger partial charge in [-0.1, -0.05) is 6.07 Å². The molecule has 0 aliphatic carbocycles. The zero-order chi connectivity index (χ0) is 14.7. The minimum absolute atomic E-state index is 0.0351. The van der Waals surface area contributed by atoms with Crippen molar-refractivity contribution in [2.45, 2.75) is 25.8 Å². The Labute approximate surface area is 123 Å². The maximum atomic E-state index is 12.4. The molecule has 1 amide bonds. The maximum absolute atomic E-state index is 12.4. The highest BCUT2D eigenvalue weighted by molar-refractivity contribution is 6.06. The van der Waals surface area contributed by atoms with E-state index in [4.69, 9.17) is 4.42 Å². The molecule has 3 aromatic rings. The lowest BCUT2D eigenvalue weighted by Gasteiger charge is -2.13. The number of carbonyl (C=O) groups is 1. The van der Waals surface area contributed by atoms with Crippen LogP contribution in [0.4, 0.5) is 0 Å². The molecule has 3 rings (SSSR count). The lowest BCUT2D eigenvalue weighted by Crippen LogP contribution is -2.32. The van der Waals surface area contributed by atoms with Crippen molar-refractivity contribution in [1.82, 2.24) is 10.3 Å². The smallest absolute Gasteiger partial charge is 0.252 e. The van der Waals surface area contributed by atoms with Crippen LogP contribution in [0.2, 0.25) is 0 Å². The fourth-order valence-electron chi connectivity index (χ4n) is 2.47. The van der Waals surface area contributed by atoms with E-state index in [1.165, 1.54) is 0 Å². The van der Waals surface area contributed by atoms with Gasteiger partial charge in [-0.15, -0.1) is 0 Å². The van der Waals surface area contributed by atoms with E-state index in [-0.39, 0.29) is 11.9 Å². The van der Waals surface area contributed by atoms with Crippen LogP contribution < -0.4 is 5.32 Å². The second-order valence-electron chi connectivity index (χ2n) is 5.24. The number of amides is 1. The van der Waals surface area contributed by atoms with E-state index in [0.717, 1.165) is 29.5 Å². The molecular weight excluding hydrogens is 264 g/mol. The summed E-state index contributed by atoms with van der Waals surface area (Å²) in [5, 5.41) is 4.00. The number of aromatic amines is 1. The van der Waals surface area contributed by atoms with Gasteiger partial charge in [0.1, 0.15) is 5.76 Å². The Morgan fingerprint density at radius 3 is 3.00 bits per heavy atom. The average molecular weight is 282 g/mol. The Morgan fingerprint density at radius 2 is 2.19 bits per heavy atom. The lowest BCUT2D eigenvalue weighted by molar-refractivity contribution is 0.0940. The van der Waals surface area contributed by atoms with Gasteiger partial charge in [0, 0.05) is 35.1 Å². The summed E-state index contributed by atoms with van der Waals surface area (Å²) < 4.78 is 5.30. The van der Waals surface area contributed by atoms with Gasteiger partial charge in [-0.3, -0.25) is 4.79 Å². The highest BCUT2D eigenvalue weighted by Crippen LogP contribution is 2.17. The van der Waals surface area contributed by atoms with Gasteiger partial charge in [0.25, 0.3) is 5.91 Å². The van der Waals surface area contributed by atoms with Crippen molar-refractivity contribution in [2.75, 3.05) is 0 Å². The molecule has 0 saturated heterocycles. The quantitative estimate of drug-likeness (QED) is 0.752. The molecule has 0 saturated carbocycles. The molecule has 0 radical (unpaired) electrons. The minimum atomic E-state index is -0.0351. The van der Waals surface area contributed by atoms with Crippen molar-refractivity contribution in [1.29, 1.82) is 0 Å². The molecule has 0 aliphatic heterocycles. The number of aromatic nitrogens is 1. The molecule has 21 heavy (non-hydrogen) atoms. The fraction of sp³-hybridized carbons (Fsp3) is 0.235. The van der Waals surface area contributed by atoms with Crippen LogP contribution in [0.3, 0.4) is 0 Å². The Kier molecular flexibility index (Phi) is 3.77. The van der Waals surface area contributed by atoms with Crippen molar-refractivity contribution in [3.8, 4) is 0 Å². The van der Waals surface area contributed by atoms with Gasteiger partial charge >= 0.3 is 0 Å². The predicted octanol–water partition coefficient (Wildman–Crippen LogP) is 3.51. The van der Waals surface area contributed by atoms with E-state index >= 15 is 0 Å². The molecule has 0 fully saturated rings. The summed E-state index contributed by atoms with van der Waals surface area (Å²) >= 11 is 0. The normalized spacial score (nSPS) is 12.4. The summed E-state index contributed by atoms with van der Waals surface area (Å²) in [4.78, 5) is 15.5. The molecule has 0 spiro atoms. The van der Waals surface area contributed by atoms with Crippen LogP contribution in [0.15, 0.2) is 53.3 Å². The third-order valence-corrected chi connectivity index (χ3v) is 3.62. The van der Waals surface area contributed by atoms with Crippen LogP contribution in [-0.2, 0) is 6.42 Å². The second-order valence-corrected chi connectivity index (χ2v) is 5.24. The highest BCUT2D eigenvalue weighted by Gasteiger charge is 2.13. The molecule has 0 bridgehead atoms. The standard InChI is InChI=1S/C17H18N2O2/c1-12(7-8-13-4-3-11-21-13)19-17(20)15-5-2-6-16-14(15)9-10-18-16/h2-6,9-12,18H,7-8H2,1H3,(H,19,20). The van der Waals surface area contributed by atoms with E-state index in [2.05, 4.69) is 10.3 Å². The van der Waals surface area contributed by atoms with E-state index in [0.29, 0.717) is 5.56 Å². The zero-order valence-electron chi connectivity index (χ0n) is 11.9. The molecule has 2 heterocycles. The highest BCUT2D eigenvalue weighted by atomic mass is 16.3. The predicted molar refractivity (Wildman–Crippen MR) is 82.3 cm³/mol. The third kappa shape index (κ3) is 2.99. The number of H-pyrrole nitrogens is 1. The van der Waals surface area contributed by atoms with E-state index in [1.807, 2.05) is 49.5 Å². The number of rotatable bonds is 5. The van der Waals surface area contributed by atoms with Gasteiger partial charge in [0.2, 0.25) is 0 Å². The van der Waals surface area contributed by atoms with Crippen LogP contribution in [0.1, 0.15) is 29.5 Å². The lowest BCUT2D eigenvalue weighted by atomic mass is 10.1. The number of fused-ring (bicyclic) bond motifs is 1. The topological polar surface area (TPSA) is 58.0 Å². The largest absolute Gasteiger partial charge is 0.469 e. The minimum Gasteiger partial charge on any atom is -0.469 e. The van der Waals surface area contributed by atoms with Crippen LogP contribution in [0.5, 0.6) is 0 Å². The van der Waals surface area contributed by atoms with Crippen LogP contribution in [0.25, 0.3) is 10.9 Å². The fourth-order valence-corrected chi connectivity index (χ4v) is 2.47. The molecule has 1 atom stereocenters. The summed E-state index contributed by atoms with van der Waals surface area (Å²) in [5.74, 6) is 0.913. The monoisotopic (exact) mass is 282 g/mol. The molecule has 4 heteroatoms. The first-order chi connectivity index (χ1) is 10.2. The average Bonchev–Trinajstić information content (AvgIpc) is 3.15. The molecule has 108 valence electrons. The van der Waals surface area contributed by atoms with Gasteiger partial charge in [-0.25, -0.2) is 0 Å². The number of furan rings is 1. The first-order valence-electron chi connectivity index (χ1n) is 7.13. The molecule has 2 aromatic heterocycles. The number of hydrogen-bond acceptors (Lipinski definition) is 2. The first kappa shape index (κ1) is 13.5. The van der Waals surface area contributed by atoms with E-state index in [1.54, 1.807) is 6.26 Å². The molecule has 2 N–H and O–H groups in total. The van der Waals surface area contributed by atoms with Crippen molar-refractivity contribution < 1.29 is 9.21 Å². The number of benzene rings is 1. The summed E-state index contributed by atoms with van der Waals surface area (Å²) in [6.45, 7) is 2.01. The van der Waals surface area contributed by atoms with Crippen molar-refractivity contribution >= 4 is 16.8 Å². The Balaban J connectivity index is 1.64. The third-order valence-electron chi connectivity index (χ3n) is 3.62. The second kappa shape index (κ2) is 5.87. The van der Waals surface area contributed by atoms with Gasteiger partial charge in [-0.05, 0) is 43.7 Å². The van der Waals surface area contributed by atoms with Crippen molar-refractivity contribution in [3.05, 3.63) is 60.2 Å². The SMILES string of the molecule is CC(CCc1ccco1)NC(=O)c1cccc2[nH]ccc12. The molecule has 1 aromatic carbocycles. The number of aryl methyl sites for hydroxylation is 1. The molecule has 0 aliphatic rings. The zero-order valence-corrected chi connectivity index (χ0v) is 11.9. The molecular formula is C17H18N2O2. The van der Waals surface area contributed by atoms with Gasteiger partial charge in [0.15, 0.2) is 0 Å². The molecule has 4 nitrogen and oxygen atoms in total. The first-order valence-corrected chi connectivity index (χ1v) is 7.13. The van der Waals surface area contributed by atoms with Crippen LogP contribution in [0, 0.1) is 0 Å². The van der Waals surface area contributed by atoms with Crippen molar-refractivity contribution in [3.63, 3.8) is 0 Å². The van der Waals surface area contributed by atoms with E-state index < -0.39 is 0 Å². The summed E-state index contributed by atoms with van der Waals surface area (Å²) in [5.41, 5.74) is 1.68. The Hall–Kier alpha value is -2.49. The number of carbonyl (C=O) groups excluding carboxylic acids is 1. The van der Waals surface area contributed by atoms with Gasteiger partial charge in [0.05, 0.1) is 6.26 Å². The van der Waals surface area contributed by atoms with Gasteiger partial charge < -0.3 is 14.7 Å². The van der Waals surface area contributed by atoms with Crippen LogP contribution >= 0.6 is 0 Å². The van der Waals surface area contributed by atoms with Crippen LogP contribution in [-0.4, -0.2) is 16.9 Å². The summed E-state index contributed by atoms with van der Waals surface area (Å²) in [6, 6.07) is 11.6. The summed E-state index contributed by atoms with van der Waals surface area (Å²) in [6.07, 6.45) is 5.19. The maximum Gasteiger partial charge on any atom is 0.252 e. The summed E-state index contributed by atoms with van der Waals surface area (Å²) in [7, 11) is 0. The number of hydrogen-bond donors (Lipinski definition) is 2.